The highest BCUT2D eigenvalue weighted by Gasteiger charge is 2.34. The second kappa shape index (κ2) is 7.77. The molecule has 0 spiro atoms. The van der Waals surface area contributed by atoms with Crippen molar-refractivity contribution >= 4 is 0 Å². The van der Waals surface area contributed by atoms with E-state index in [-0.39, 0.29) is 5.41 Å². The minimum absolute atomic E-state index is 0.166. The van der Waals surface area contributed by atoms with Crippen molar-refractivity contribution in [3.8, 4) is 0 Å². The van der Waals surface area contributed by atoms with Crippen molar-refractivity contribution in [2.24, 2.45) is 5.73 Å². The number of aryl methyl sites for hydroxylation is 1. The van der Waals surface area contributed by atoms with E-state index in [0.717, 1.165) is 26.0 Å². The number of benzene rings is 1. The molecule has 1 unspecified atom stereocenters. The molecule has 2 rings (SSSR count). The van der Waals surface area contributed by atoms with Crippen LogP contribution in [-0.4, -0.2) is 33.5 Å². The topological polar surface area (TPSA) is 44.5 Å². The Bertz CT molecular complexity index is 408. The number of fused-ring (bicyclic) bond motifs is 1. The molecule has 1 aliphatic carbocycles. The average Bonchev–Trinajstić information content (AvgIpc) is 2.51. The van der Waals surface area contributed by atoms with Crippen molar-refractivity contribution < 1.29 is 9.47 Å². The first-order valence-corrected chi connectivity index (χ1v) is 7.67. The Labute approximate surface area is 122 Å². The first kappa shape index (κ1) is 15.5. The molecule has 1 aliphatic rings. The van der Waals surface area contributed by atoms with E-state index in [0.29, 0.717) is 13.2 Å². The zero-order valence-corrected chi connectivity index (χ0v) is 12.6. The normalized spacial score (nSPS) is 21.7. The third-order valence-electron chi connectivity index (χ3n) is 4.46. The van der Waals surface area contributed by atoms with Crippen molar-refractivity contribution in [1.29, 1.82) is 0 Å². The highest BCUT2D eigenvalue weighted by atomic mass is 16.5. The summed E-state index contributed by atoms with van der Waals surface area (Å²) in [6, 6.07) is 8.81. The summed E-state index contributed by atoms with van der Waals surface area (Å²) in [7, 11) is 1.70. The minimum atomic E-state index is 0.166. The predicted octanol–water partition coefficient (Wildman–Crippen LogP) is 2.66. The molecule has 0 fully saturated rings. The molecule has 0 radical (unpaired) electrons. The zero-order valence-electron chi connectivity index (χ0n) is 12.6. The summed E-state index contributed by atoms with van der Waals surface area (Å²) < 4.78 is 10.6. The fourth-order valence-corrected chi connectivity index (χ4v) is 3.34. The number of nitrogens with two attached hydrogens (primary N) is 1. The Kier molecular flexibility index (Phi) is 6.02. The van der Waals surface area contributed by atoms with Crippen LogP contribution in [0.2, 0.25) is 0 Å². The van der Waals surface area contributed by atoms with Gasteiger partial charge in [0, 0.05) is 25.7 Å². The minimum Gasteiger partial charge on any atom is -0.382 e. The Balaban J connectivity index is 1.93. The molecule has 0 heterocycles. The van der Waals surface area contributed by atoms with Crippen molar-refractivity contribution in [3.05, 3.63) is 35.4 Å². The molecule has 2 N–H and O–H groups in total. The summed E-state index contributed by atoms with van der Waals surface area (Å²) in [6.07, 6.45) is 5.84. The quantitative estimate of drug-likeness (QED) is 0.743. The molecule has 0 amide bonds. The molecule has 0 aromatic heterocycles. The SMILES string of the molecule is COCCOCCCC1(CN)CCCc2ccccc21. The van der Waals surface area contributed by atoms with Crippen molar-refractivity contribution in [3.63, 3.8) is 0 Å². The van der Waals surface area contributed by atoms with E-state index in [9.17, 15) is 0 Å². The molecular weight excluding hydrogens is 250 g/mol. The summed E-state index contributed by atoms with van der Waals surface area (Å²) in [5.41, 5.74) is 9.29. The monoisotopic (exact) mass is 277 g/mol. The maximum absolute atomic E-state index is 6.15. The van der Waals surface area contributed by atoms with Gasteiger partial charge in [-0.1, -0.05) is 24.3 Å². The lowest BCUT2D eigenvalue weighted by molar-refractivity contribution is 0.0659. The van der Waals surface area contributed by atoms with Crippen LogP contribution in [0.4, 0.5) is 0 Å². The van der Waals surface area contributed by atoms with E-state index in [2.05, 4.69) is 24.3 Å². The van der Waals surface area contributed by atoms with Gasteiger partial charge in [0.15, 0.2) is 0 Å². The highest BCUT2D eigenvalue weighted by Crippen LogP contribution is 2.40. The molecule has 1 aromatic carbocycles. The lowest BCUT2D eigenvalue weighted by Gasteiger charge is -2.38. The van der Waals surface area contributed by atoms with Gasteiger partial charge in [0.1, 0.15) is 0 Å². The van der Waals surface area contributed by atoms with Crippen LogP contribution in [0.25, 0.3) is 0 Å². The molecule has 20 heavy (non-hydrogen) atoms. The van der Waals surface area contributed by atoms with E-state index < -0.39 is 0 Å². The van der Waals surface area contributed by atoms with Crippen molar-refractivity contribution in [1.82, 2.24) is 0 Å². The number of methoxy groups -OCH3 is 1. The maximum atomic E-state index is 6.15. The Hall–Kier alpha value is -0.900. The van der Waals surface area contributed by atoms with Gasteiger partial charge in [0.2, 0.25) is 0 Å². The van der Waals surface area contributed by atoms with E-state index in [1.807, 2.05) is 0 Å². The van der Waals surface area contributed by atoms with Crippen LogP contribution < -0.4 is 5.73 Å². The third kappa shape index (κ3) is 3.60. The molecule has 112 valence electrons. The molecule has 1 aromatic rings. The molecule has 3 nitrogen and oxygen atoms in total. The number of hydrogen-bond acceptors (Lipinski definition) is 3. The highest BCUT2D eigenvalue weighted by molar-refractivity contribution is 5.37. The second-order valence-corrected chi connectivity index (χ2v) is 5.70. The van der Waals surface area contributed by atoms with Gasteiger partial charge in [-0.05, 0) is 43.2 Å². The second-order valence-electron chi connectivity index (χ2n) is 5.70. The summed E-state index contributed by atoms with van der Waals surface area (Å²) >= 11 is 0. The summed E-state index contributed by atoms with van der Waals surface area (Å²) in [5.74, 6) is 0. The molecule has 0 saturated heterocycles. The van der Waals surface area contributed by atoms with Gasteiger partial charge in [-0.15, -0.1) is 0 Å². The Morgan fingerprint density at radius 2 is 2.05 bits per heavy atom. The predicted molar refractivity (Wildman–Crippen MR) is 82.0 cm³/mol. The van der Waals surface area contributed by atoms with Crippen LogP contribution >= 0.6 is 0 Å². The largest absolute Gasteiger partial charge is 0.382 e. The fourth-order valence-electron chi connectivity index (χ4n) is 3.34. The van der Waals surface area contributed by atoms with Crippen LogP contribution in [0.15, 0.2) is 24.3 Å². The van der Waals surface area contributed by atoms with E-state index in [4.69, 9.17) is 15.2 Å². The zero-order chi connectivity index (χ0) is 14.3. The first-order chi connectivity index (χ1) is 9.82. The lowest BCUT2D eigenvalue weighted by Crippen LogP contribution is -2.38. The van der Waals surface area contributed by atoms with Crippen LogP contribution in [0.3, 0.4) is 0 Å². The van der Waals surface area contributed by atoms with Gasteiger partial charge >= 0.3 is 0 Å². The molecule has 0 bridgehead atoms. The van der Waals surface area contributed by atoms with Crippen LogP contribution in [0, 0.1) is 0 Å². The molecule has 3 heteroatoms. The van der Waals surface area contributed by atoms with E-state index in [1.165, 1.54) is 30.4 Å². The van der Waals surface area contributed by atoms with Crippen LogP contribution in [0.1, 0.15) is 36.8 Å². The molecule has 0 saturated carbocycles. The maximum Gasteiger partial charge on any atom is 0.0700 e. The van der Waals surface area contributed by atoms with Gasteiger partial charge in [-0.2, -0.15) is 0 Å². The molecule has 1 atom stereocenters. The molecular formula is C17H27NO2. The number of rotatable bonds is 8. The average molecular weight is 277 g/mol. The van der Waals surface area contributed by atoms with Crippen LogP contribution in [-0.2, 0) is 21.3 Å². The summed E-state index contributed by atoms with van der Waals surface area (Å²) in [4.78, 5) is 0. The van der Waals surface area contributed by atoms with Crippen LogP contribution in [0.5, 0.6) is 0 Å². The summed E-state index contributed by atoms with van der Waals surface area (Å²) in [6.45, 7) is 2.89. The van der Waals surface area contributed by atoms with Gasteiger partial charge in [0.25, 0.3) is 0 Å². The number of ether oxygens (including phenoxy) is 2. The first-order valence-electron chi connectivity index (χ1n) is 7.67. The fraction of sp³-hybridized carbons (Fsp3) is 0.647. The smallest absolute Gasteiger partial charge is 0.0700 e. The van der Waals surface area contributed by atoms with E-state index >= 15 is 0 Å². The van der Waals surface area contributed by atoms with Gasteiger partial charge in [-0.25, -0.2) is 0 Å². The lowest BCUT2D eigenvalue weighted by atomic mass is 9.67. The van der Waals surface area contributed by atoms with Crippen molar-refractivity contribution in [2.45, 2.75) is 37.5 Å². The van der Waals surface area contributed by atoms with Gasteiger partial charge < -0.3 is 15.2 Å². The molecule has 0 aliphatic heterocycles. The Morgan fingerprint density at radius 3 is 2.85 bits per heavy atom. The Morgan fingerprint density at radius 1 is 1.20 bits per heavy atom. The van der Waals surface area contributed by atoms with Gasteiger partial charge in [-0.3, -0.25) is 0 Å². The standard InChI is InChI=1S/C17H27NO2/c1-19-12-13-20-11-5-10-17(14-18)9-4-7-15-6-2-3-8-16(15)17/h2-3,6,8H,4-5,7,9-14,18H2,1H3. The van der Waals surface area contributed by atoms with Gasteiger partial charge in [0.05, 0.1) is 13.2 Å². The summed E-state index contributed by atoms with van der Waals surface area (Å²) in [5, 5.41) is 0. The number of hydrogen-bond donors (Lipinski definition) is 1. The third-order valence-corrected chi connectivity index (χ3v) is 4.46. The van der Waals surface area contributed by atoms with Crippen molar-refractivity contribution in [2.75, 3.05) is 33.5 Å². The van der Waals surface area contributed by atoms with E-state index in [1.54, 1.807) is 7.11 Å².